The van der Waals surface area contributed by atoms with Crippen LogP contribution < -0.4 is 0 Å². The molecule has 2 aromatic rings. The molecule has 1 aromatic heterocycles. The van der Waals surface area contributed by atoms with Crippen LogP contribution in [0.2, 0.25) is 0 Å². The number of hydrogen-bond donors (Lipinski definition) is 0. The molecule has 0 atom stereocenters. The van der Waals surface area contributed by atoms with E-state index in [4.69, 9.17) is 0 Å². The fraction of sp³-hybridized carbons (Fsp3) is 0.0833. The molecule has 0 radical (unpaired) electrons. The number of carbonyl (C=O) groups is 1. The maximum absolute atomic E-state index is 10.7. The largest absolute Gasteiger partial charge is 0.294 e. The summed E-state index contributed by atoms with van der Waals surface area (Å²) in [6.07, 6.45) is 0.660. The van der Waals surface area contributed by atoms with Gasteiger partial charge in [0.25, 0.3) is 0 Å². The van der Waals surface area contributed by atoms with E-state index >= 15 is 0 Å². The zero-order valence-corrected chi connectivity index (χ0v) is 10.2. The van der Waals surface area contributed by atoms with Crippen molar-refractivity contribution in [1.82, 2.24) is 9.97 Å². The van der Waals surface area contributed by atoms with E-state index in [1.807, 2.05) is 37.3 Å². The van der Waals surface area contributed by atoms with Crippen LogP contribution in [-0.2, 0) is 0 Å². The van der Waals surface area contributed by atoms with Gasteiger partial charge in [0, 0.05) is 15.7 Å². The maximum atomic E-state index is 10.7. The highest BCUT2D eigenvalue weighted by Gasteiger charge is 2.06. The van der Waals surface area contributed by atoms with Gasteiger partial charge in [0.05, 0.1) is 5.69 Å². The van der Waals surface area contributed by atoms with Gasteiger partial charge >= 0.3 is 0 Å². The number of nitrogens with zero attached hydrogens (tertiary/aromatic N) is 2. The predicted octanol–water partition coefficient (Wildman–Crippen LogP) is 3.03. The van der Waals surface area contributed by atoms with Gasteiger partial charge in [0.1, 0.15) is 0 Å². The smallest absolute Gasteiger partial charge is 0.193 e. The summed E-state index contributed by atoms with van der Waals surface area (Å²) in [5.41, 5.74) is 2.49. The van der Waals surface area contributed by atoms with Gasteiger partial charge in [0.2, 0.25) is 0 Å². The first-order valence-electron chi connectivity index (χ1n) is 4.76. The van der Waals surface area contributed by atoms with Crippen LogP contribution >= 0.6 is 15.9 Å². The Balaban J connectivity index is 2.60. The van der Waals surface area contributed by atoms with E-state index in [1.165, 1.54) is 0 Å². The van der Waals surface area contributed by atoms with Crippen molar-refractivity contribution in [1.29, 1.82) is 0 Å². The van der Waals surface area contributed by atoms with Gasteiger partial charge in [-0.3, -0.25) is 4.79 Å². The summed E-state index contributed by atoms with van der Waals surface area (Å²) in [4.78, 5) is 18.9. The number of aromatic nitrogens is 2. The molecule has 0 aliphatic rings. The van der Waals surface area contributed by atoms with Crippen LogP contribution in [0.5, 0.6) is 0 Å². The molecule has 0 spiro atoms. The van der Waals surface area contributed by atoms with E-state index in [0.717, 1.165) is 21.4 Å². The van der Waals surface area contributed by atoms with E-state index in [9.17, 15) is 4.79 Å². The number of rotatable bonds is 2. The van der Waals surface area contributed by atoms with Crippen LogP contribution in [0.3, 0.4) is 0 Å². The number of hydrogen-bond acceptors (Lipinski definition) is 3. The highest BCUT2D eigenvalue weighted by molar-refractivity contribution is 9.10. The standard InChI is InChI=1S/C12H9BrN2O/c1-8-6-11(15-12(7-16)14-8)9-4-2-3-5-10(9)13/h2-7H,1H3. The van der Waals surface area contributed by atoms with Gasteiger partial charge in [-0.25, -0.2) is 9.97 Å². The fourth-order valence-electron chi connectivity index (χ4n) is 1.45. The lowest BCUT2D eigenvalue weighted by Gasteiger charge is -2.04. The number of benzene rings is 1. The molecule has 2 rings (SSSR count). The second-order valence-electron chi connectivity index (χ2n) is 3.35. The van der Waals surface area contributed by atoms with E-state index in [2.05, 4.69) is 25.9 Å². The first-order chi connectivity index (χ1) is 7.70. The molecule has 1 aromatic carbocycles. The molecule has 0 aliphatic heterocycles. The van der Waals surface area contributed by atoms with E-state index < -0.39 is 0 Å². The van der Waals surface area contributed by atoms with Crippen LogP contribution in [0, 0.1) is 6.92 Å². The molecule has 16 heavy (non-hydrogen) atoms. The van der Waals surface area contributed by atoms with Crippen molar-refractivity contribution in [2.24, 2.45) is 0 Å². The molecular formula is C12H9BrN2O. The van der Waals surface area contributed by atoms with Crippen molar-refractivity contribution >= 4 is 22.2 Å². The number of halogens is 1. The molecule has 0 saturated carbocycles. The SMILES string of the molecule is Cc1cc(-c2ccccc2Br)nc(C=O)n1. The van der Waals surface area contributed by atoms with Crippen molar-refractivity contribution < 1.29 is 4.79 Å². The molecule has 0 unspecified atom stereocenters. The minimum atomic E-state index is 0.214. The summed E-state index contributed by atoms with van der Waals surface area (Å²) in [5.74, 6) is 0.214. The minimum Gasteiger partial charge on any atom is -0.294 e. The molecule has 0 saturated heterocycles. The third kappa shape index (κ3) is 2.17. The Morgan fingerprint density at radius 1 is 1.25 bits per heavy atom. The fourth-order valence-corrected chi connectivity index (χ4v) is 1.94. The van der Waals surface area contributed by atoms with E-state index in [-0.39, 0.29) is 5.82 Å². The summed E-state index contributed by atoms with van der Waals surface area (Å²) < 4.78 is 0.949. The summed E-state index contributed by atoms with van der Waals surface area (Å²) in [7, 11) is 0. The Morgan fingerprint density at radius 3 is 2.69 bits per heavy atom. The number of aldehydes is 1. The van der Waals surface area contributed by atoms with E-state index in [1.54, 1.807) is 0 Å². The van der Waals surface area contributed by atoms with Crippen molar-refractivity contribution in [2.45, 2.75) is 6.92 Å². The quantitative estimate of drug-likeness (QED) is 0.792. The molecule has 0 fully saturated rings. The summed E-state index contributed by atoms with van der Waals surface area (Å²) in [6.45, 7) is 1.84. The molecule has 4 heteroatoms. The third-order valence-electron chi connectivity index (χ3n) is 2.13. The van der Waals surface area contributed by atoms with Crippen molar-refractivity contribution in [2.75, 3.05) is 0 Å². The van der Waals surface area contributed by atoms with Gasteiger partial charge < -0.3 is 0 Å². The Hall–Kier alpha value is -1.55. The van der Waals surface area contributed by atoms with Gasteiger partial charge in [-0.2, -0.15) is 0 Å². The van der Waals surface area contributed by atoms with Gasteiger partial charge in [-0.1, -0.05) is 34.1 Å². The highest BCUT2D eigenvalue weighted by atomic mass is 79.9. The Morgan fingerprint density at radius 2 is 2.00 bits per heavy atom. The van der Waals surface area contributed by atoms with Crippen LogP contribution in [0.1, 0.15) is 16.3 Å². The predicted molar refractivity (Wildman–Crippen MR) is 65.3 cm³/mol. The van der Waals surface area contributed by atoms with Crippen molar-refractivity contribution in [3.63, 3.8) is 0 Å². The van der Waals surface area contributed by atoms with Crippen LogP contribution in [0.25, 0.3) is 11.3 Å². The molecule has 1 heterocycles. The average Bonchev–Trinajstić information content (AvgIpc) is 2.28. The second kappa shape index (κ2) is 4.53. The molecule has 0 aliphatic carbocycles. The molecular weight excluding hydrogens is 268 g/mol. The van der Waals surface area contributed by atoms with Gasteiger partial charge in [0.15, 0.2) is 12.1 Å². The van der Waals surface area contributed by atoms with Gasteiger partial charge in [-0.05, 0) is 19.1 Å². The summed E-state index contributed by atoms with van der Waals surface area (Å²) >= 11 is 3.46. The molecule has 0 amide bonds. The zero-order chi connectivity index (χ0) is 11.5. The number of aryl methyl sites for hydroxylation is 1. The van der Waals surface area contributed by atoms with Crippen LogP contribution in [0.4, 0.5) is 0 Å². The summed E-state index contributed by atoms with van der Waals surface area (Å²) in [5, 5.41) is 0. The summed E-state index contributed by atoms with van der Waals surface area (Å²) in [6, 6.07) is 9.60. The highest BCUT2D eigenvalue weighted by Crippen LogP contribution is 2.26. The maximum Gasteiger partial charge on any atom is 0.193 e. The third-order valence-corrected chi connectivity index (χ3v) is 2.82. The molecule has 0 N–H and O–H groups in total. The Bertz CT molecular complexity index is 540. The Kier molecular flexibility index (Phi) is 3.10. The molecule has 3 nitrogen and oxygen atoms in total. The average molecular weight is 277 g/mol. The second-order valence-corrected chi connectivity index (χ2v) is 4.20. The topological polar surface area (TPSA) is 42.9 Å². The minimum absolute atomic E-state index is 0.214. The first kappa shape index (κ1) is 11.0. The molecule has 80 valence electrons. The molecule has 0 bridgehead atoms. The first-order valence-corrected chi connectivity index (χ1v) is 5.56. The van der Waals surface area contributed by atoms with Crippen molar-refractivity contribution in [3.05, 3.63) is 46.3 Å². The van der Waals surface area contributed by atoms with E-state index in [0.29, 0.717) is 6.29 Å². The van der Waals surface area contributed by atoms with Crippen LogP contribution in [0.15, 0.2) is 34.8 Å². The van der Waals surface area contributed by atoms with Crippen LogP contribution in [-0.4, -0.2) is 16.3 Å². The normalized spacial score (nSPS) is 10.1. The lowest BCUT2D eigenvalue weighted by atomic mass is 10.1. The lowest BCUT2D eigenvalue weighted by molar-refractivity contribution is 0.111. The van der Waals surface area contributed by atoms with Crippen molar-refractivity contribution in [3.8, 4) is 11.3 Å². The zero-order valence-electron chi connectivity index (χ0n) is 8.64. The van der Waals surface area contributed by atoms with Gasteiger partial charge in [-0.15, -0.1) is 0 Å². The number of carbonyl (C=O) groups excluding carboxylic acids is 1. The lowest BCUT2D eigenvalue weighted by Crippen LogP contribution is -1.97. The monoisotopic (exact) mass is 276 g/mol. The Labute approximate surface area is 102 Å².